The quantitative estimate of drug-likeness (QED) is 0.743. The number of rotatable bonds is 3. The Balaban J connectivity index is 2.10. The van der Waals surface area contributed by atoms with Crippen molar-refractivity contribution in [1.82, 2.24) is 0 Å². The second-order valence-electron chi connectivity index (χ2n) is 5.01. The van der Waals surface area contributed by atoms with Gasteiger partial charge in [0, 0.05) is 24.4 Å². The number of benzene rings is 2. The molecule has 2 aromatic carbocycles. The van der Waals surface area contributed by atoms with Gasteiger partial charge in [-0.25, -0.2) is 0 Å². The van der Waals surface area contributed by atoms with Gasteiger partial charge in [0.05, 0.1) is 0 Å². The highest BCUT2D eigenvalue weighted by molar-refractivity contribution is 7.17. The van der Waals surface area contributed by atoms with Crippen LogP contribution in [-0.4, -0.2) is 13.1 Å². The third-order valence-corrected chi connectivity index (χ3v) is 4.80. The fraction of sp³-hybridized carbons (Fsp3) is 0.294. The summed E-state index contributed by atoms with van der Waals surface area (Å²) >= 11 is 0. The van der Waals surface area contributed by atoms with Crippen LogP contribution in [0.4, 0.5) is 5.69 Å². The van der Waals surface area contributed by atoms with E-state index in [1.807, 2.05) is 0 Å². The SMILES string of the molecule is CCN(CC)c1ccc2c(c1)C(P)c1ccccc1-2. The standard InChI is InChI=1S/C17H20NP/c1-3-18(4-2)12-9-10-14-13-7-5-6-8-15(13)17(19)16(14)11-12/h5-11,17H,3-4,19H2,1-2H3. The maximum atomic E-state index is 3.00. The fourth-order valence-electron chi connectivity index (χ4n) is 3.02. The number of nitrogens with zero attached hydrogens (tertiary/aromatic N) is 1. The molecule has 2 heteroatoms. The molecule has 0 N–H and O–H groups in total. The molecule has 19 heavy (non-hydrogen) atoms. The van der Waals surface area contributed by atoms with Crippen LogP contribution in [0.1, 0.15) is 30.6 Å². The first-order chi connectivity index (χ1) is 9.26. The van der Waals surface area contributed by atoms with E-state index in [-0.39, 0.29) is 0 Å². The van der Waals surface area contributed by atoms with E-state index in [0.29, 0.717) is 5.66 Å². The lowest BCUT2D eigenvalue weighted by Gasteiger charge is -2.22. The Morgan fingerprint density at radius 2 is 1.63 bits per heavy atom. The molecule has 0 heterocycles. The molecule has 0 amide bonds. The Hall–Kier alpha value is -1.33. The van der Waals surface area contributed by atoms with Crippen molar-refractivity contribution in [3.63, 3.8) is 0 Å². The molecule has 0 aromatic heterocycles. The van der Waals surface area contributed by atoms with E-state index in [9.17, 15) is 0 Å². The van der Waals surface area contributed by atoms with Crippen molar-refractivity contribution in [3.05, 3.63) is 53.6 Å². The van der Waals surface area contributed by atoms with Crippen LogP contribution < -0.4 is 4.90 Å². The first-order valence-corrected chi connectivity index (χ1v) is 7.66. The monoisotopic (exact) mass is 269 g/mol. The van der Waals surface area contributed by atoms with Gasteiger partial charge in [-0.2, -0.15) is 0 Å². The van der Waals surface area contributed by atoms with E-state index >= 15 is 0 Å². The van der Waals surface area contributed by atoms with Crippen molar-refractivity contribution in [2.45, 2.75) is 19.5 Å². The van der Waals surface area contributed by atoms with Crippen LogP contribution in [-0.2, 0) is 0 Å². The van der Waals surface area contributed by atoms with E-state index in [0.717, 1.165) is 13.1 Å². The Morgan fingerprint density at radius 3 is 2.37 bits per heavy atom. The van der Waals surface area contributed by atoms with Crippen LogP contribution in [0.5, 0.6) is 0 Å². The minimum Gasteiger partial charge on any atom is -0.372 e. The second-order valence-corrected chi connectivity index (χ2v) is 5.68. The molecule has 0 spiro atoms. The molecule has 0 saturated carbocycles. The van der Waals surface area contributed by atoms with E-state index in [2.05, 4.69) is 70.5 Å². The number of hydrogen-bond donors (Lipinski definition) is 0. The number of hydrogen-bond acceptors (Lipinski definition) is 1. The van der Waals surface area contributed by atoms with Gasteiger partial charge >= 0.3 is 0 Å². The van der Waals surface area contributed by atoms with Crippen molar-refractivity contribution < 1.29 is 0 Å². The molecule has 0 bridgehead atoms. The van der Waals surface area contributed by atoms with Crippen molar-refractivity contribution in [2.75, 3.05) is 18.0 Å². The Labute approximate surface area is 117 Å². The van der Waals surface area contributed by atoms with E-state index in [4.69, 9.17) is 0 Å². The minimum atomic E-state index is 0.432. The van der Waals surface area contributed by atoms with Crippen LogP contribution in [0.2, 0.25) is 0 Å². The summed E-state index contributed by atoms with van der Waals surface area (Å²) in [7, 11) is 3.00. The molecular formula is C17H20NP. The molecule has 2 atom stereocenters. The van der Waals surface area contributed by atoms with E-state index in [1.165, 1.54) is 27.9 Å². The molecule has 2 unspecified atom stereocenters. The molecule has 0 aliphatic heterocycles. The van der Waals surface area contributed by atoms with Gasteiger partial charge < -0.3 is 4.90 Å². The zero-order valence-corrected chi connectivity index (χ0v) is 12.7. The third kappa shape index (κ3) is 1.97. The minimum absolute atomic E-state index is 0.432. The third-order valence-electron chi connectivity index (χ3n) is 4.08. The lowest BCUT2D eigenvalue weighted by Crippen LogP contribution is -2.21. The van der Waals surface area contributed by atoms with Gasteiger partial charge in [-0.15, -0.1) is 9.24 Å². The lowest BCUT2D eigenvalue weighted by molar-refractivity contribution is 0.865. The maximum absolute atomic E-state index is 3.00. The zero-order valence-electron chi connectivity index (χ0n) is 11.6. The van der Waals surface area contributed by atoms with Gasteiger partial charge in [0.25, 0.3) is 0 Å². The van der Waals surface area contributed by atoms with Crippen LogP contribution in [0.15, 0.2) is 42.5 Å². The highest BCUT2D eigenvalue weighted by Crippen LogP contribution is 2.48. The summed E-state index contributed by atoms with van der Waals surface area (Å²) in [6, 6.07) is 15.6. The average Bonchev–Trinajstić information content (AvgIpc) is 2.74. The predicted octanol–water partition coefficient (Wildman–Crippen LogP) is 4.48. The largest absolute Gasteiger partial charge is 0.372 e. The highest BCUT2D eigenvalue weighted by atomic mass is 31.0. The Morgan fingerprint density at radius 1 is 0.947 bits per heavy atom. The van der Waals surface area contributed by atoms with Crippen molar-refractivity contribution in [1.29, 1.82) is 0 Å². The molecule has 98 valence electrons. The predicted molar refractivity (Wildman–Crippen MR) is 87.0 cm³/mol. The van der Waals surface area contributed by atoms with Crippen LogP contribution in [0.25, 0.3) is 11.1 Å². The van der Waals surface area contributed by atoms with Gasteiger partial charge in [0.2, 0.25) is 0 Å². The van der Waals surface area contributed by atoms with Crippen molar-refractivity contribution >= 4 is 14.9 Å². The first kappa shape index (κ1) is 12.7. The Kier molecular flexibility index (Phi) is 3.33. The molecular weight excluding hydrogens is 249 g/mol. The molecule has 1 nitrogen and oxygen atoms in total. The summed E-state index contributed by atoms with van der Waals surface area (Å²) in [5, 5.41) is 0. The molecule has 2 aromatic rings. The van der Waals surface area contributed by atoms with Gasteiger partial charge in [0.1, 0.15) is 0 Å². The normalized spacial score (nSPS) is 16.1. The highest BCUT2D eigenvalue weighted by Gasteiger charge is 2.25. The first-order valence-electron chi connectivity index (χ1n) is 7.00. The van der Waals surface area contributed by atoms with Crippen molar-refractivity contribution in [3.8, 4) is 11.1 Å². The number of anilines is 1. The fourth-order valence-corrected chi connectivity index (χ4v) is 3.59. The molecule has 0 radical (unpaired) electrons. The van der Waals surface area contributed by atoms with E-state index < -0.39 is 0 Å². The van der Waals surface area contributed by atoms with Crippen molar-refractivity contribution in [2.24, 2.45) is 0 Å². The van der Waals surface area contributed by atoms with Gasteiger partial charge in [-0.05, 0) is 48.2 Å². The number of fused-ring (bicyclic) bond motifs is 3. The average molecular weight is 269 g/mol. The van der Waals surface area contributed by atoms with Gasteiger partial charge in [0.15, 0.2) is 0 Å². The Bertz CT molecular complexity index is 602. The van der Waals surface area contributed by atoms with Crippen LogP contribution in [0.3, 0.4) is 0 Å². The molecule has 1 aliphatic carbocycles. The molecule has 0 fully saturated rings. The maximum Gasteiger partial charge on any atom is 0.0369 e. The lowest BCUT2D eigenvalue weighted by atomic mass is 10.1. The van der Waals surface area contributed by atoms with Crippen LogP contribution >= 0.6 is 9.24 Å². The van der Waals surface area contributed by atoms with Crippen LogP contribution in [0, 0.1) is 0 Å². The second kappa shape index (κ2) is 4.98. The molecule has 0 saturated heterocycles. The summed E-state index contributed by atoms with van der Waals surface area (Å²) in [4.78, 5) is 2.40. The summed E-state index contributed by atoms with van der Waals surface area (Å²) in [6.45, 7) is 6.54. The molecule has 1 aliphatic rings. The van der Waals surface area contributed by atoms with Gasteiger partial charge in [-0.1, -0.05) is 30.3 Å². The van der Waals surface area contributed by atoms with Gasteiger partial charge in [-0.3, -0.25) is 0 Å². The smallest absolute Gasteiger partial charge is 0.0369 e. The summed E-state index contributed by atoms with van der Waals surface area (Å²) < 4.78 is 0. The summed E-state index contributed by atoms with van der Waals surface area (Å²) in [5.41, 5.74) is 7.43. The molecule has 3 rings (SSSR count). The zero-order chi connectivity index (χ0) is 13.4. The summed E-state index contributed by atoms with van der Waals surface area (Å²) in [5.74, 6) is 0. The topological polar surface area (TPSA) is 3.24 Å². The summed E-state index contributed by atoms with van der Waals surface area (Å²) in [6.07, 6.45) is 0. The van der Waals surface area contributed by atoms with E-state index in [1.54, 1.807) is 0 Å².